The molecular formula is C5H10N2O2. The molecule has 0 aliphatic carbocycles. The highest BCUT2D eigenvalue weighted by Crippen LogP contribution is 2.04. The van der Waals surface area contributed by atoms with Crippen LogP contribution in [0.3, 0.4) is 0 Å². The molecule has 1 aliphatic heterocycles. The van der Waals surface area contributed by atoms with Crippen molar-refractivity contribution < 1.29 is 9.90 Å². The zero-order valence-electron chi connectivity index (χ0n) is 5.29. The van der Waals surface area contributed by atoms with Crippen molar-refractivity contribution in [1.29, 1.82) is 0 Å². The lowest BCUT2D eigenvalue weighted by Gasteiger charge is -2.08. The molecule has 1 saturated heterocycles. The van der Waals surface area contributed by atoms with Gasteiger partial charge < -0.3 is 5.11 Å². The van der Waals surface area contributed by atoms with Crippen LogP contribution in [0.1, 0.15) is 6.92 Å². The minimum absolute atomic E-state index is 0.0101. The van der Waals surface area contributed by atoms with Gasteiger partial charge in [0.05, 0.1) is 5.92 Å². The number of aliphatic hydroxyl groups is 1. The lowest BCUT2D eigenvalue weighted by Crippen LogP contribution is -2.33. The van der Waals surface area contributed by atoms with Crippen LogP contribution in [0, 0.1) is 5.92 Å². The fourth-order valence-electron chi connectivity index (χ4n) is 0.818. The van der Waals surface area contributed by atoms with Crippen molar-refractivity contribution in [3.63, 3.8) is 0 Å². The van der Waals surface area contributed by atoms with Gasteiger partial charge in [-0.15, -0.1) is 0 Å². The summed E-state index contributed by atoms with van der Waals surface area (Å²) in [7, 11) is 0. The summed E-state index contributed by atoms with van der Waals surface area (Å²) in [6.45, 7) is 2.33. The fourth-order valence-corrected chi connectivity index (χ4v) is 0.818. The van der Waals surface area contributed by atoms with Gasteiger partial charge in [-0.1, -0.05) is 6.92 Å². The van der Waals surface area contributed by atoms with Crippen LogP contribution >= 0.6 is 0 Å². The fraction of sp³-hybridized carbons (Fsp3) is 0.800. The van der Waals surface area contributed by atoms with Crippen LogP contribution < -0.4 is 5.43 Å². The number of hydrogen-bond donors (Lipinski definition) is 2. The average Bonchev–Trinajstić information content (AvgIpc) is 2.13. The Balaban J connectivity index is 2.44. The number of hydrogen-bond acceptors (Lipinski definition) is 3. The Kier molecular flexibility index (Phi) is 1.68. The summed E-state index contributed by atoms with van der Waals surface area (Å²) in [4.78, 5) is 10.7. The molecule has 0 spiro atoms. The molecule has 1 rings (SSSR count). The van der Waals surface area contributed by atoms with E-state index in [0.29, 0.717) is 6.54 Å². The van der Waals surface area contributed by atoms with Gasteiger partial charge >= 0.3 is 0 Å². The molecule has 2 N–H and O–H groups in total. The standard InChI is InChI=1S/C5H10N2O2/c1-4-2-7(3-8)6-5(4)9/h4,8H,2-3H2,1H3,(H,6,9). The third-order valence-corrected chi connectivity index (χ3v) is 1.38. The van der Waals surface area contributed by atoms with E-state index in [1.807, 2.05) is 6.92 Å². The van der Waals surface area contributed by atoms with E-state index in [2.05, 4.69) is 5.43 Å². The van der Waals surface area contributed by atoms with Crippen LogP contribution in [0.5, 0.6) is 0 Å². The molecule has 4 nitrogen and oxygen atoms in total. The van der Waals surface area contributed by atoms with Crippen molar-refractivity contribution >= 4 is 5.91 Å². The first-order valence-corrected chi connectivity index (χ1v) is 2.90. The second-order valence-electron chi connectivity index (χ2n) is 2.24. The lowest BCUT2D eigenvalue weighted by atomic mass is 10.2. The molecular weight excluding hydrogens is 120 g/mol. The monoisotopic (exact) mass is 130 g/mol. The van der Waals surface area contributed by atoms with Crippen LogP contribution in [0.4, 0.5) is 0 Å². The molecule has 1 unspecified atom stereocenters. The quantitative estimate of drug-likeness (QED) is 0.474. The molecule has 1 amide bonds. The van der Waals surface area contributed by atoms with Gasteiger partial charge in [-0.25, -0.2) is 0 Å². The Bertz CT molecular complexity index is 126. The maximum absolute atomic E-state index is 10.7. The smallest absolute Gasteiger partial charge is 0.238 e. The van der Waals surface area contributed by atoms with Gasteiger partial charge in [0.1, 0.15) is 6.73 Å². The van der Waals surface area contributed by atoms with E-state index < -0.39 is 0 Å². The first-order valence-electron chi connectivity index (χ1n) is 2.90. The Morgan fingerprint density at radius 1 is 2.00 bits per heavy atom. The van der Waals surface area contributed by atoms with Gasteiger partial charge in [0.2, 0.25) is 5.91 Å². The van der Waals surface area contributed by atoms with Crippen molar-refractivity contribution in [2.45, 2.75) is 6.92 Å². The SMILES string of the molecule is CC1CN(CO)NC1=O. The van der Waals surface area contributed by atoms with Crippen LogP contribution in [-0.2, 0) is 4.79 Å². The minimum atomic E-state index is -0.101. The molecule has 1 aliphatic rings. The highest BCUT2D eigenvalue weighted by atomic mass is 16.3. The van der Waals surface area contributed by atoms with E-state index >= 15 is 0 Å². The Morgan fingerprint density at radius 3 is 2.89 bits per heavy atom. The van der Waals surface area contributed by atoms with E-state index in [4.69, 9.17) is 5.11 Å². The zero-order valence-corrected chi connectivity index (χ0v) is 5.29. The molecule has 0 bridgehead atoms. The Labute approximate surface area is 53.4 Å². The summed E-state index contributed by atoms with van der Waals surface area (Å²) in [5.41, 5.74) is 2.50. The number of carbonyl (C=O) groups excluding carboxylic acids is 1. The molecule has 4 heteroatoms. The third-order valence-electron chi connectivity index (χ3n) is 1.38. The van der Waals surface area contributed by atoms with Gasteiger partial charge in [0, 0.05) is 6.54 Å². The van der Waals surface area contributed by atoms with E-state index in [1.54, 1.807) is 0 Å². The normalized spacial score (nSPS) is 28.7. The molecule has 1 heterocycles. The number of hydrazine groups is 1. The number of aliphatic hydroxyl groups excluding tert-OH is 1. The van der Waals surface area contributed by atoms with E-state index in [9.17, 15) is 4.79 Å². The van der Waals surface area contributed by atoms with E-state index in [0.717, 1.165) is 0 Å². The average molecular weight is 130 g/mol. The maximum Gasteiger partial charge on any atom is 0.238 e. The first kappa shape index (κ1) is 6.51. The highest BCUT2D eigenvalue weighted by molar-refractivity contribution is 5.79. The number of carbonyl (C=O) groups is 1. The molecule has 0 radical (unpaired) electrons. The molecule has 0 saturated carbocycles. The summed E-state index contributed by atoms with van der Waals surface area (Å²) >= 11 is 0. The molecule has 1 atom stereocenters. The van der Waals surface area contributed by atoms with Gasteiger partial charge in [0.15, 0.2) is 0 Å². The van der Waals surface area contributed by atoms with E-state index in [-0.39, 0.29) is 18.6 Å². The Morgan fingerprint density at radius 2 is 2.67 bits per heavy atom. The summed E-state index contributed by atoms with van der Waals surface area (Å²) in [6, 6.07) is 0. The van der Waals surface area contributed by atoms with Gasteiger partial charge in [-0.05, 0) is 0 Å². The Hall–Kier alpha value is -0.610. The summed E-state index contributed by atoms with van der Waals surface area (Å²) in [6.07, 6.45) is 0. The van der Waals surface area contributed by atoms with Gasteiger partial charge in [-0.2, -0.15) is 5.01 Å². The predicted molar refractivity (Wildman–Crippen MR) is 31.1 cm³/mol. The maximum atomic E-state index is 10.7. The number of nitrogens with zero attached hydrogens (tertiary/aromatic N) is 1. The first-order chi connectivity index (χ1) is 4.24. The second-order valence-corrected chi connectivity index (χ2v) is 2.24. The second kappa shape index (κ2) is 2.33. The summed E-state index contributed by atoms with van der Waals surface area (Å²) in [5, 5.41) is 9.99. The predicted octanol–water partition coefficient (Wildman–Crippen LogP) is -1.08. The molecule has 9 heavy (non-hydrogen) atoms. The number of amides is 1. The zero-order chi connectivity index (χ0) is 6.85. The van der Waals surface area contributed by atoms with Crippen molar-refractivity contribution in [2.24, 2.45) is 5.92 Å². The number of nitrogens with one attached hydrogen (secondary N) is 1. The molecule has 0 aromatic heterocycles. The van der Waals surface area contributed by atoms with Crippen LogP contribution in [0.25, 0.3) is 0 Å². The van der Waals surface area contributed by atoms with Crippen molar-refractivity contribution in [1.82, 2.24) is 10.4 Å². The van der Waals surface area contributed by atoms with Gasteiger partial charge in [0.25, 0.3) is 0 Å². The van der Waals surface area contributed by atoms with Crippen molar-refractivity contribution in [3.8, 4) is 0 Å². The van der Waals surface area contributed by atoms with Crippen LogP contribution in [0.15, 0.2) is 0 Å². The van der Waals surface area contributed by atoms with Crippen molar-refractivity contribution in [3.05, 3.63) is 0 Å². The van der Waals surface area contributed by atoms with E-state index in [1.165, 1.54) is 5.01 Å². The summed E-state index contributed by atoms with van der Waals surface area (Å²) < 4.78 is 0. The number of rotatable bonds is 1. The largest absolute Gasteiger partial charge is 0.379 e. The molecule has 0 aromatic carbocycles. The molecule has 52 valence electrons. The lowest BCUT2D eigenvalue weighted by molar-refractivity contribution is -0.124. The molecule has 1 fully saturated rings. The van der Waals surface area contributed by atoms with Crippen LogP contribution in [0.2, 0.25) is 0 Å². The third kappa shape index (κ3) is 1.20. The van der Waals surface area contributed by atoms with Gasteiger partial charge in [-0.3, -0.25) is 10.2 Å². The van der Waals surface area contributed by atoms with Crippen LogP contribution in [-0.4, -0.2) is 29.3 Å². The highest BCUT2D eigenvalue weighted by Gasteiger charge is 2.25. The summed E-state index contributed by atoms with van der Waals surface area (Å²) in [5.74, 6) is 0.00111. The molecule has 0 aromatic rings. The minimum Gasteiger partial charge on any atom is -0.379 e. The van der Waals surface area contributed by atoms with Crippen molar-refractivity contribution in [2.75, 3.05) is 13.3 Å². The topological polar surface area (TPSA) is 52.6 Å².